The van der Waals surface area contributed by atoms with Crippen LogP contribution in [0.25, 0.3) is 0 Å². The van der Waals surface area contributed by atoms with E-state index in [9.17, 15) is 18.3 Å². The molecule has 23 heavy (non-hydrogen) atoms. The van der Waals surface area contributed by atoms with Gasteiger partial charge in [-0.2, -0.15) is 0 Å². The molecule has 0 saturated heterocycles. The van der Waals surface area contributed by atoms with Crippen LogP contribution in [0.15, 0.2) is 33.7 Å². The molecule has 0 spiro atoms. The number of anilines is 1. The van der Waals surface area contributed by atoms with E-state index < -0.39 is 22.5 Å². The molecule has 1 aromatic carbocycles. The van der Waals surface area contributed by atoms with Crippen molar-refractivity contribution in [2.45, 2.75) is 18.7 Å². The van der Waals surface area contributed by atoms with Crippen molar-refractivity contribution >= 4 is 21.7 Å². The second kappa shape index (κ2) is 6.29. The highest BCUT2D eigenvalue weighted by atomic mass is 32.2. The molecule has 8 nitrogen and oxygen atoms in total. The molecule has 2 rings (SSSR count). The molecule has 1 heterocycles. The molecule has 0 aliphatic rings. The normalized spacial score (nSPS) is 11.3. The molecule has 0 atom stereocenters. The summed E-state index contributed by atoms with van der Waals surface area (Å²) < 4.78 is 36.3. The lowest BCUT2D eigenvalue weighted by Gasteiger charge is -2.24. The van der Waals surface area contributed by atoms with Crippen LogP contribution in [0.2, 0.25) is 0 Å². The number of aliphatic carboxylic acids is 1. The fourth-order valence-corrected chi connectivity index (χ4v) is 3.84. The monoisotopic (exact) mass is 339 g/mol. The summed E-state index contributed by atoms with van der Waals surface area (Å²) in [5.41, 5.74) is 0.314. The molecule has 9 heteroatoms. The molecule has 0 unspecified atom stereocenters. The fraction of sp³-hybridized carbons (Fsp3) is 0.286. The summed E-state index contributed by atoms with van der Waals surface area (Å²) in [4.78, 5) is 10.9. The number of carboxylic acids is 1. The first-order chi connectivity index (χ1) is 10.8. The number of nitrogens with zero attached hydrogens (tertiary/aromatic N) is 2. The van der Waals surface area contributed by atoms with E-state index in [4.69, 9.17) is 9.26 Å². The molecule has 0 fully saturated rings. The number of sulfonamides is 1. The van der Waals surface area contributed by atoms with Gasteiger partial charge in [0, 0.05) is 0 Å². The SMILES string of the molecule is COc1ccc(N(CC(=O)[O-])S(=O)(=O)c2c(C)noc2C)cc1. The molecule has 124 valence electrons. The third-order valence-corrected chi connectivity index (χ3v) is 5.17. The number of benzene rings is 1. The minimum atomic E-state index is -4.17. The van der Waals surface area contributed by atoms with E-state index in [0.29, 0.717) is 5.75 Å². The zero-order valence-corrected chi connectivity index (χ0v) is 13.6. The van der Waals surface area contributed by atoms with Crippen LogP contribution >= 0.6 is 0 Å². The van der Waals surface area contributed by atoms with Crippen molar-refractivity contribution in [3.8, 4) is 5.75 Å². The van der Waals surface area contributed by atoms with Gasteiger partial charge in [0.05, 0.1) is 25.3 Å². The Morgan fingerprint density at radius 2 is 1.91 bits per heavy atom. The van der Waals surface area contributed by atoms with Gasteiger partial charge in [0.2, 0.25) is 0 Å². The second-order valence-electron chi connectivity index (χ2n) is 4.74. The number of hydrogen-bond acceptors (Lipinski definition) is 7. The third kappa shape index (κ3) is 3.29. The Bertz CT molecular complexity index is 791. The maximum absolute atomic E-state index is 12.8. The van der Waals surface area contributed by atoms with Gasteiger partial charge in [0.25, 0.3) is 10.0 Å². The summed E-state index contributed by atoms with van der Waals surface area (Å²) in [6.45, 7) is 2.07. The highest BCUT2D eigenvalue weighted by Gasteiger charge is 2.31. The number of carbonyl (C=O) groups excluding carboxylic acids is 1. The minimum absolute atomic E-state index is 0.0827. The van der Waals surface area contributed by atoms with Crippen LogP contribution in [-0.2, 0) is 14.8 Å². The summed E-state index contributed by atoms with van der Waals surface area (Å²) in [5.74, 6) is -0.938. The maximum Gasteiger partial charge on any atom is 0.270 e. The standard InChI is InChI=1S/C14H16N2O6S/c1-9-14(10(2)22-15-9)23(19,20)16(8-13(17)18)11-4-6-12(21-3)7-5-11/h4-7H,8H2,1-3H3,(H,17,18)/p-1. The number of carboxylic acid groups (broad SMARTS) is 1. The van der Waals surface area contributed by atoms with Gasteiger partial charge in [-0.05, 0) is 38.1 Å². The molecule has 1 aromatic heterocycles. The lowest BCUT2D eigenvalue weighted by molar-refractivity contribution is -0.303. The summed E-state index contributed by atoms with van der Waals surface area (Å²) >= 11 is 0. The van der Waals surface area contributed by atoms with Gasteiger partial charge in [-0.25, -0.2) is 8.42 Å². The predicted molar refractivity (Wildman–Crippen MR) is 78.5 cm³/mol. The van der Waals surface area contributed by atoms with E-state index in [1.807, 2.05) is 0 Å². The lowest BCUT2D eigenvalue weighted by atomic mass is 10.3. The van der Waals surface area contributed by atoms with Crippen molar-refractivity contribution in [2.75, 3.05) is 18.0 Å². The van der Waals surface area contributed by atoms with E-state index >= 15 is 0 Å². The Labute approximate surface area is 133 Å². The second-order valence-corrected chi connectivity index (χ2v) is 6.53. The topological polar surface area (TPSA) is 113 Å². The number of hydrogen-bond donors (Lipinski definition) is 0. The molecule has 2 aromatic rings. The Kier molecular flexibility index (Phi) is 4.60. The fourth-order valence-electron chi connectivity index (χ4n) is 2.13. The number of aromatic nitrogens is 1. The average Bonchev–Trinajstić information content (AvgIpc) is 2.84. The van der Waals surface area contributed by atoms with Crippen LogP contribution in [-0.4, -0.2) is 33.2 Å². The Morgan fingerprint density at radius 3 is 2.35 bits per heavy atom. The first-order valence-electron chi connectivity index (χ1n) is 6.57. The number of rotatable bonds is 6. The number of methoxy groups -OCH3 is 1. The van der Waals surface area contributed by atoms with E-state index in [-0.39, 0.29) is 22.0 Å². The maximum atomic E-state index is 12.8. The van der Waals surface area contributed by atoms with Crippen molar-refractivity contribution in [1.29, 1.82) is 0 Å². The van der Waals surface area contributed by atoms with Gasteiger partial charge in [-0.3, -0.25) is 4.31 Å². The Morgan fingerprint density at radius 1 is 1.30 bits per heavy atom. The minimum Gasteiger partial charge on any atom is -0.548 e. The largest absolute Gasteiger partial charge is 0.548 e. The van der Waals surface area contributed by atoms with E-state index in [2.05, 4.69) is 5.16 Å². The lowest BCUT2D eigenvalue weighted by Crippen LogP contribution is -2.42. The van der Waals surface area contributed by atoms with Gasteiger partial charge in [0.1, 0.15) is 11.4 Å². The molecular formula is C14H15N2O6S-. The van der Waals surface area contributed by atoms with Crippen molar-refractivity contribution in [3.63, 3.8) is 0 Å². The third-order valence-electron chi connectivity index (χ3n) is 3.15. The molecule has 0 radical (unpaired) electrons. The molecule has 0 amide bonds. The molecule has 0 saturated carbocycles. The van der Waals surface area contributed by atoms with E-state index in [1.165, 1.54) is 45.2 Å². The van der Waals surface area contributed by atoms with Crippen LogP contribution in [0.5, 0.6) is 5.75 Å². The van der Waals surface area contributed by atoms with Crippen molar-refractivity contribution in [1.82, 2.24) is 5.16 Å². The molecule has 0 N–H and O–H groups in total. The van der Waals surface area contributed by atoms with Gasteiger partial charge in [-0.1, -0.05) is 5.16 Å². The quantitative estimate of drug-likeness (QED) is 0.741. The summed E-state index contributed by atoms with van der Waals surface area (Å²) in [7, 11) is -2.70. The van der Waals surface area contributed by atoms with Crippen LogP contribution in [0.1, 0.15) is 11.5 Å². The molecular weight excluding hydrogens is 324 g/mol. The smallest absolute Gasteiger partial charge is 0.270 e. The first-order valence-corrected chi connectivity index (χ1v) is 8.01. The molecule has 0 bridgehead atoms. The van der Waals surface area contributed by atoms with Crippen LogP contribution in [0.4, 0.5) is 5.69 Å². The highest BCUT2D eigenvalue weighted by Crippen LogP contribution is 2.28. The van der Waals surface area contributed by atoms with Crippen molar-refractivity contribution in [2.24, 2.45) is 0 Å². The van der Waals surface area contributed by atoms with Crippen LogP contribution in [0, 0.1) is 13.8 Å². The average molecular weight is 339 g/mol. The first kappa shape index (κ1) is 16.8. The van der Waals surface area contributed by atoms with Gasteiger partial charge < -0.3 is 19.2 Å². The number of ether oxygens (including phenoxy) is 1. The van der Waals surface area contributed by atoms with Crippen LogP contribution in [0.3, 0.4) is 0 Å². The Hall–Kier alpha value is -2.55. The van der Waals surface area contributed by atoms with Crippen molar-refractivity contribution < 1.29 is 27.6 Å². The zero-order chi connectivity index (χ0) is 17.2. The van der Waals surface area contributed by atoms with Gasteiger partial charge in [0.15, 0.2) is 10.7 Å². The summed E-state index contributed by atoms with van der Waals surface area (Å²) in [6.07, 6.45) is 0. The van der Waals surface area contributed by atoms with E-state index in [0.717, 1.165) is 4.31 Å². The predicted octanol–water partition coefficient (Wildman–Crippen LogP) is 0.245. The van der Waals surface area contributed by atoms with Crippen LogP contribution < -0.4 is 14.1 Å². The van der Waals surface area contributed by atoms with Gasteiger partial charge in [-0.15, -0.1) is 0 Å². The summed E-state index contributed by atoms with van der Waals surface area (Å²) in [6, 6.07) is 5.94. The summed E-state index contributed by atoms with van der Waals surface area (Å²) in [5, 5.41) is 14.6. The molecule has 0 aliphatic carbocycles. The Balaban J connectivity index is 2.55. The van der Waals surface area contributed by atoms with Gasteiger partial charge >= 0.3 is 0 Å². The highest BCUT2D eigenvalue weighted by molar-refractivity contribution is 7.93. The number of carbonyl (C=O) groups is 1. The number of aryl methyl sites for hydroxylation is 2. The molecule has 0 aliphatic heterocycles. The van der Waals surface area contributed by atoms with E-state index in [1.54, 1.807) is 0 Å². The van der Waals surface area contributed by atoms with Crippen molar-refractivity contribution in [3.05, 3.63) is 35.7 Å². The zero-order valence-electron chi connectivity index (χ0n) is 12.8.